The third kappa shape index (κ3) is 4.14. The van der Waals surface area contributed by atoms with Gasteiger partial charge in [0.05, 0.1) is 0 Å². The lowest BCUT2D eigenvalue weighted by Crippen LogP contribution is -2.46. The Morgan fingerprint density at radius 2 is 1.95 bits per heavy atom. The molecule has 0 radical (unpaired) electrons. The normalized spacial score (nSPS) is 28.5. The van der Waals surface area contributed by atoms with Crippen LogP contribution < -0.4 is 5.32 Å². The lowest BCUT2D eigenvalue weighted by Gasteiger charge is -2.41. The predicted molar refractivity (Wildman–Crippen MR) is 91.1 cm³/mol. The topological polar surface area (TPSA) is 15.3 Å². The summed E-state index contributed by atoms with van der Waals surface area (Å²) in [6.07, 6.45) is 8.17. The van der Waals surface area contributed by atoms with Crippen LogP contribution in [0.25, 0.3) is 0 Å². The lowest BCUT2D eigenvalue weighted by molar-refractivity contribution is 0.109. The molecule has 1 saturated heterocycles. The molecule has 0 amide bonds. The van der Waals surface area contributed by atoms with E-state index in [9.17, 15) is 0 Å². The first-order valence-corrected chi connectivity index (χ1v) is 8.84. The molecule has 1 aliphatic heterocycles. The van der Waals surface area contributed by atoms with Crippen LogP contribution in [-0.4, -0.2) is 30.1 Å². The zero-order chi connectivity index (χ0) is 14.7. The van der Waals surface area contributed by atoms with E-state index in [1.165, 1.54) is 51.6 Å². The molecule has 1 aliphatic carbocycles. The molecule has 2 atom stereocenters. The van der Waals surface area contributed by atoms with Crippen molar-refractivity contribution < 1.29 is 0 Å². The summed E-state index contributed by atoms with van der Waals surface area (Å²) < 4.78 is 0. The molecule has 1 aromatic rings. The van der Waals surface area contributed by atoms with Crippen molar-refractivity contribution in [3.63, 3.8) is 0 Å². The molecule has 2 fully saturated rings. The molecule has 3 rings (SSSR count). The molecule has 1 N–H and O–H groups in total. The van der Waals surface area contributed by atoms with Crippen molar-refractivity contribution in [3.05, 3.63) is 29.3 Å². The minimum absolute atomic E-state index is 0.598. The molecule has 2 unspecified atom stereocenters. The number of rotatable bonds is 3. The van der Waals surface area contributed by atoms with Crippen LogP contribution in [0.2, 0.25) is 5.02 Å². The van der Waals surface area contributed by atoms with Crippen molar-refractivity contribution in [2.45, 2.75) is 57.5 Å². The molecule has 0 aromatic heterocycles. The number of hydrogen-bond donors (Lipinski definition) is 1. The molecule has 1 aromatic carbocycles. The first-order chi connectivity index (χ1) is 10.2. The maximum atomic E-state index is 6.05. The van der Waals surface area contributed by atoms with Crippen molar-refractivity contribution in [1.82, 2.24) is 4.90 Å². The van der Waals surface area contributed by atoms with Gasteiger partial charge in [0.1, 0.15) is 0 Å². The SMILES string of the molecule is CC1CCCC(N2CCC(Nc3cccc(Cl)c3)CC2)C1. The molecule has 1 saturated carbocycles. The van der Waals surface area contributed by atoms with E-state index >= 15 is 0 Å². The van der Waals surface area contributed by atoms with Gasteiger partial charge >= 0.3 is 0 Å². The van der Waals surface area contributed by atoms with Gasteiger partial charge in [-0.3, -0.25) is 0 Å². The van der Waals surface area contributed by atoms with E-state index in [0.717, 1.165) is 22.7 Å². The number of piperidine rings is 1. The fourth-order valence-corrected chi connectivity index (χ4v) is 4.15. The Labute approximate surface area is 133 Å². The second kappa shape index (κ2) is 7.02. The first kappa shape index (κ1) is 15.2. The van der Waals surface area contributed by atoms with E-state index in [1.807, 2.05) is 18.2 Å². The van der Waals surface area contributed by atoms with Gasteiger partial charge in [-0.25, -0.2) is 0 Å². The van der Waals surface area contributed by atoms with Crippen LogP contribution in [0, 0.1) is 5.92 Å². The quantitative estimate of drug-likeness (QED) is 0.863. The zero-order valence-corrected chi connectivity index (χ0v) is 13.8. The van der Waals surface area contributed by atoms with Gasteiger partial charge in [-0.2, -0.15) is 0 Å². The Morgan fingerprint density at radius 3 is 2.67 bits per heavy atom. The smallest absolute Gasteiger partial charge is 0.0426 e. The molecule has 116 valence electrons. The number of nitrogens with one attached hydrogen (secondary N) is 1. The molecule has 2 aliphatic rings. The highest BCUT2D eigenvalue weighted by Crippen LogP contribution is 2.29. The Bertz CT molecular complexity index is 454. The Balaban J connectivity index is 1.48. The number of halogens is 1. The Hall–Kier alpha value is -0.730. The molecular formula is C18H27ClN2. The van der Waals surface area contributed by atoms with E-state index in [1.54, 1.807) is 0 Å². The monoisotopic (exact) mass is 306 g/mol. The first-order valence-electron chi connectivity index (χ1n) is 8.47. The number of likely N-dealkylation sites (tertiary alicyclic amines) is 1. The summed E-state index contributed by atoms with van der Waals surface area (Å²) in [5.74, 6) is 0.922. The van der Waals surface area contributed by atoms with Gasteiger partial charge in [-0.1, -0.05) is 37.4 Å². The van der Waals surface area contributed by atoms with Crippen molar-refractivity contribution in [2.75, 3.05) is 18.4 Å². The van der Waals surface area contributed by atoms with Crippen LogP contribution in [0.3, 0.4) is 0 Å². The summed E-state index contributed by atoms with van der Waals surface area (Å²) >= 11 is 6.05. The van der Waals surface area contributed by atoms with Crippen molar-refractivity contribution in [1.29, 1.82) is 0 Å². The second-order valence-corrected chi connectivity index (χ2v) is 7.33. The van der Waals surface area contributed by atoms with Gasteiger partial charge in [0, 0.05) is 35.9 Å². The Morgan fingerprint density at radius 1 is 1.14 bits per heavy atom. The third-order valence-corrected chi connectivity index (χ3v) is 5.39. The van der Waals surface area contributed by atoms with Gasteiger partial charge in [0.25, 0.3) is 0 Å². The van der Waals surface area contributed by atoms with E-state index in [-0.39, 0.29) is 0 Å². The van der Waals surface area contributed by atoms with E-state index in [2.05, 4.69) is 23.2 Å². The Kier molecular flexibility index (Phi) is 5.07. The fraction of sp³-hybridized carbons (Fsp3) is 0.667. The molecule has 0 bridgehead atoms. The van der Waals surface area contributed by atoms with Crippen LogP contribution in [0.1, 0.15) is 45.4 Å². The standard InChI is InChI=1S/C18H27ClN2/c1-14-4-2-7-18(12-14)21-10-8-16(9-11-21)20-17-6-3-5-15(19)13-17/h3,5-6,13-14,16,18,20H,2,4,7-12H2,1H3. The van der Waals surface area contributed by atoms with Crippen LogP contribution >= 0.6 is 11.6 Å². The second-order valence-electron chi connectivity index (χ2n) is 6.89. The van der Waals surface area contributed by atoms with E-state index in [0.29, 0.717) is 6.04 Å². The average molecular weight is 307 g/mol. The molecule has 1 heterocycles. The summed E-state index contributed by atoms with van der Waals surface area (Å²) in [6, 6.07) is 9.53. The highest BCUT2D eigenvalue weighted by Gasteiger charge is 2.28. The largest absolute Gasteiger partial charge is 0.382 e. The maximum absolute atomic E-state index is 6.05. The van der Waals surface area contributed by atoms with E-state index < -0.39 is 0 Å². The molecule has 21 heavy (non-hydrogen) atoms. The minimum Gasteiger partial charge on any atom is -0.382 e. The van der Waals surface area contributed by atoms with Crippen LogP contribution in [0.5, 0.6) is 0 Å². The summed E-state index contributed by atoms with van der Waals surface area (Å²) in [5.41, 5.74) is 1.16. The molecule has 2 nitrogen and oxygen atoms in total. The number of hydrogen-bond acceptors (Lipinski definition) is 2. The van der Waals surface area contributed by atoms with Crippen molar-refractivity contribution >= 4 is 17.3 Å². The average Bonchev–Trinajstić information content (AvgIpc) is 2.48. The van der Waals surface area contributed by atoms with Gasteiger partial charge in [0.2, 0.25) is 0 Å². The van der Waals surface area contributed by atoms with Crippen LogP contribution in [0.4, 0.5) is 5.69 Å². The van der Waals surface area contributed by atoms with Crippen molar-refractivity contribution in [3.8, 4) is 0 Å². The fourth-order valence-electron chi connectivity index (χ4n) is 3.96. The van der Waals surface area contributed by atoms with Crippen molar-refractivity contribution in [2.24, 2.45) is 5.92 Å². The zero-order valence-electron chi connectivity index (χ0n) is 13.0. The molecule has 3 heteroatoms. The number of nitrogens with zero attached hydrogens (tertiary/aromatic N) is 1. The summed E-state index contributed by atoms with van der Waals surface area (Å²) in [5, 5.41) is 4.46. The van der Waals surface area contributed by atoms with Gasteiger partial charge in [0.15, 0.2) is 0 Å². The highest BCUT2D eigenvalue weighted by molar-refractivity contribution is 6.30. The van der Waals surface area contributed by atoms with Crippen LogP contribution in [-0.2, 0) is 0 Å². The number of anilines is 1. The van der Waals surface area contributed by atoms with Gasteiger partial charge in [-0.05, 0) is 49.8 Å². The van der Waals surface area contributed by atoms with Crippen LogP contribution in [0.15, 0.2) is 24.3 Å². The maximum Gasteiger partial charge on any atom is 0.0426 e. The summed E-state index contributed by atoms with van der Waals surface area (Å²) in [7, 11) is 0. The third-order valence-electron chi connectivity index (χ3n) is 5.15. The summed E-state index contributed by atoms with van der Waals surface area (Å²) in [4.78, 5) is 2.74. The lowest BCUT2D eigenvalue weighted by atomic mass is 9.85. The molecular weight excluding hydrogens is 280 g/mol. The number of benzene rings is 1. The molecule has 0 spiro atoms. The minimum atomic E-state index is 0.598. The predicted octanol–water partition coefficient (Wildman–Crippen LogP) is 4.80. The van der Waals surface area contributed by atoms with Gasteiger partial charge in [-0.15, -0.1) is 0 Å². The van der Waals surface area contributed by atoms with Gasteiger partial charge < -0.3 is 10.2 Å². The highest BCUT2D eigenvalue weighted by atomic mass is 35.5. The van der Waals surface area contributed by atoms with E-state index in [4.69, 9.17) is 11.6 Å². The summed E-state index contributed by atoms with van der Waals surface area (Å²) in [6.45, 7) is 4.91.